The first-order valence-corrected chi connectivity index (χ1v) is 16.5. The fourth-order valence-electron chi connectivity index (χ4n) is 4.95. The molecule has 0 unspecified atom stereocenters. The van der Waals surface area contributed by atoms with E-state index >= 15 is 0 Å². The van der Waals surface area contributed by atoms with E-state index in [-0.39, 0.29) is 35.7 Å². The maximum Gasteiger partial charge on any atom is 0.296 e. The lowest BCUT2D eigenvalue weighted by Crippen LogP contribution is -2.29. The highest BCUT2D eigenvalue weighted by molar-refractivity contribution is 7.87. The smallest absolute Gasteiger partial charge is 0.296 e. The van der Waals surface area contributed by atoms with Crippen molar-refractivity contribution >= 4 is 65.6 Å². The summed E-state index contributed by atoms with van der Waals surface area (Å²) >= 11 is 0. The number of phenols is 1. The Bertz CT molecular complexity index is 2110. The van der Waals surface area contributed by atoms with E-state index in [1.807, 2.05) is 32.9 Å². The van der Waals surface area contributed by atoms with Gasteiger partial charge in [0.25, 0.3) is 20.2 Å². The van der Waals surface area contributed by atoms with Gasteiger partial charge in [0, 0.05) is 18.2 Å². The predicted octanol–water partition coefficient (Wildman–Crippen LogP) is 6.00. The number of fused-ring (bicyclic) bond motifs is 1. The van der Waals surface area contributed by atoms with Gasteiger partial charge in [0.05, 0.1) is 22.4 Å². The number of imide groups is 1. The fourth-order valence-corrected chi connectivity index (χ4v) is 6.39. The molecule has 45 heavy (non-hydrogen) atoms. The van der Waals surface area contributed by atoms with Gasteiger partial charge in [-0.25, -0.2) is 0 Å². The average Bonchev–Trinajstić information content (AvgIpc) is 3.30. The Morgan fingerprint density at radius 1 is 0.733 bits per heavy atom. The van der Waals surface area contributed by atoms with Gasteiger partial charge in [-0.1, -0.05) is 32.0 Å². The summed E-state index contributed by atoms with van der Waals surface area (Å²) in [6.45, 7) is 7.59. The molecule has 1 heterocycles. The van der Waals surface area contributed by atoms with E-state index in [4.69, 9.17) is 5.73 Å². The molecule has 0 radical (unpaired) electrons. The van der Waals surface area contributed by atoms with Crippen LogP contribution in [0, 0.1) is 13.8 Å². The van der Waals surface area contributed by atoms with Crippen LogP contribution in [0.4, 0.5) is 22.7 Å². The van der Waals surface area contributed by atoms with Gasteiger partial charge in [-0.05, 0) is 72.5 Å². The van der Waals surface area contributed by atoms with Crippen LogP contribution in [0.15, 0.2) is 74.6 Å². The van der Waals surface area contributed by atoms with E-state index < -0.39 is 46.9 Å². The van der Waals surface area contributed by atoms with Gasteiger partial charge < -0.3 is 10.8 Å². The number of hydrogen-bond donors (Lipinski definition) is 4. The van der Waals surface area contributed by atoms with Gasteiger partial charge in [-0.2, -0.15) is 21.9 Å². The lowest BCUT2D eigenvalue weighted by atomic mass is 10.00. The SMILES string of the molecule is CC.Cc1cc(-c2ccc(N3C(=O)CCC3=O)c(C)c2)ccc1N=Nc1ccc2c(S(=O)(=O)O)cc(S(=O)(=O)O)c(N)c2c1O. The normalized spacial score (nSPS) is 13.9. The first-order chi connectivity index (χ1) is 21.1. The van der Waals surface area contributed by atoms with Crippen LogP contribution >= 0.6 is 0 Å². The summed E-state index contributed by atoms with van der Waals surface area (Å²) in [7, 11) is -10.0. The molecule has 0 saturated carbocycles. The highest BCUT2D eigenvalue weighted by Crippen LogP contribution is 2.44. The number of aromatic hydroxyl groups is 1. The van der Waals surface area contributed by atoms with Crippen LogP contribution in [0.1, 0.15) is 37.8 Å². The predicted molar refractivity (Wildman–Crippen MR) is 168 cm³/mol. The van der Waals surface area contributed by atoms with Crippen molar-refractivity contribution in [3.63, 3.8) is 0 Å². The maximum atomic E-state index is 12.1. The van der Waals surface area contributed by atoms with E-state index in [0.717, 1.165) is 22.8 Å². The summed E-state index contributed by atoms with van der Waals surface area (Å²) in [4.78, 5) is 23.6. The zero-order valence-electron chi connectivity index (χ0n) is 24.6. The molecule has 1 fully saturated rings. The Labute approximate surface area is 259 Å². The molecule has 5 N–H and O–H groups in total. The molecule has 5 rings (SSSR count). The summed E-state index contributed by atoms with van der Waals surface area (Å²) in [6, 6.07) is 13.5. The zero-order valence-corrected chi connectivity index (χ0v) is 26.3. The van der Waals surface area contributed by atoms with Crippen LogP contribution in [-0.2, 0) is 29.8 Å². The molecule has 0 aliphatic carbocycles. The molecule has 1 aliphatic rings. The molecule has 4 aromatic carbocycles. The van der Waals surface area contributed by atoms with Crippen molar-refractivity contribution < 1.29 is 40.6 Å². The number of rotatable bonds is 6. The number of anilines is 2. The molecular formula is C30H30N4O9S2. The van der Waals surface area contributed by atoms with Gasteiger partial charge in [0.1, 0.15) is 15.5 Å². The summed E-state index contributed by atoms with van der Waals surface area (Å²) in [5.41, 5.74) is 9.07. The van der Waals surface area contributed by atoms with Crippen molar-refractivity contribution in [1.29, 1.82) is 0 Å². The minimum atomic E-state index is -5.04. The van der Waals surface area contributed by atoms with Crippen molar-refractivity contribution in [3.8, 4) is 16.9 Å². The second kappa shape index (κ2) is 12.4. The topological polar surface area (TPSA) is 217 Å². The molecule has 236 valence electrons. The van der Waals surface area contributed by atoms with Crippen molar-refractivity contribution in [1.82, 2.24) is 0 Å². The molecule has 0 aromatic heterocycles. The van der Waals surface area contributed by atoms with Crippen molar-refractivity contribution in [2.24, 2.45) is 10.2 Å². The number of azo groups is 1. The third-order valence-corrected chi connectivity index (χ3v) is 8.85. The molecule has 15 heteroatoms. The molecule has 0 bridgehead atoms. The van der Waals surface area contributed by atoms with Crippen molar-refractivity contribution in [2.75, 3.05) is 10.6 Å². The maximum absolute atomic E-state index is 12.1. The minimum absolute atomic E-state index is 0.191. The van der Waals surface area contributed by atoms with Gasteiger partial charge in [-0.3, -0.25) is 23.6 Å². The number of benzene rings is 4. The zero-order chi connectivity index (χ0) is 33.4. The van der Waals surface area contributed by atoms with Crippen LogP contribution in [0.25, 0.3) is 21.9 Å². The largest absolute Gasteiger partial charge is 0.505 e. The number of carbonyl (C=O) groups is 2. The first-order valence-electron chi connectivity index (χ1n) is 13.6. The standard InChI is InChI=1S/C28H24N4O9S2.C2H6/c1-14-11-16(17-4-8-21(15(2)12-17)32-24(33)9-10-25(32)34)3-6-19(14)30-31-20-7-5-18-22(42(36,37)38)13-23(43(39,40)41)27(29)26(18)28(20)35;1-2/h3-8,11-13,35H,9-10,29H2,1-2H3,(H,36,37,38)(H,39,40,41);1-2H3. The number of aryl methyl sites for hydroxylation is 2. The van der Waals surface area contributed by atoms with Gasteiger partial charge in [-0.15, -0.1) is 5.11 Å². The molecule has 0 spiro atoms. The Morgan fingerprint density at radius 3 is 1.78 bits per heavy atom. The molecule has 2 amide bonds. The van der Waals surface area contributed by atoms with E-state index in [1.54, 1.807) is 31.2 Å². The molecule has 13 nitrogen and oxygen atoms in total. The van der Waals surface area contributed by atoms with Crippen LogP contribution in [-0.4, -0.2) is 42.9 Å². The van der Waals surface area contributed by atoms with Crippen LogP contribution in [0.3, 0.4) is 0 Å². The Morgan fingerprint density at radius 2 is 1.24 bits per heavy atom. The molecule has 1 aliphatic heterocycles. The van der Waals surface area contributed by atoms with Crippen molar-refractivity contribution in [2.45, 2.75) is 50.3 Å². The molecule has 1 saturated heterocycles. The highest BCUT2D eigenvalue weighted by Gasteiger charge is 2.31. The van der Waals surface area contributed by atoms with E-state index in [9.17, 15) is 40.6 Å². The lowest BCUT2D eigenvalue weighted by molar-refractivity contribution is -0.121. The number of amides is 2. The van der Waals surface area contributed by atoms with Crippen LogP contribution in [0.5, 0.6) is 5.75 Å². The summed E-state index contributed by atoms with van der Waals surface area (Å²) in [5.74, 6) is -1.19. The fraction of sp³-hybridized carbons (Fsp3) is 0.200. The number of phenolic OH excluding ortho intramolecular Hbond substituents is 1. The lowest BCUT2D eigenvalue weighted by Gasteiger charge is -2.17. The van der Waals surface area contributed by atoms with Crippen molar-refractivity contribution in [3.05, 3.63) is 65.7 Å². The molecule has 0 atom stereocenters. The highest BCUT2D eigenvalue weighted by atomic mass is 32.2. The first kappa shape index (κ1) is 33.2. The van der Waals surface area contributed by atoms with E-state index in [0.29, 0.717) is 23.0 Å². The summed E-state index contributed by atoms with van der Waals surface area (Å²) in [6.07, 6.45) is 0.383. The Hall–Kier alpha value is -4.70. The van der Waals surface area contributed by atoms with Gasteiger partial charge in [0.2, 0.25) is 11.8 Å². The number of nitrogens with zero attached hydrogens (tertiary/aromatic N) is 3. The monoisotopic (exact) mass is 654 g/mol. The second-order valence-electron chi connectivity index (χ2n) is 9.92. The van der Waals surface area contributed by atoms with E-state index in [1.165, 1.54) is 11.0 Å². The number of nitrogens with two attached hydrogens (primary N) is 1. The minimum Gasteiger partial charge on any atom is -0.505 e. The third kappa shape index (κ3) is 6.42. The van der Waals surface area contributed by atoms with Crippen LogP contribution in [0.2, 0.25) is 0 Å². The third-order valence-electron chi connectivity index (χ3n) is 7.06. The average molecular weight is 655 g/mol. The molecular weight excluding hydrogens is 624 g/mol. The number of nitrogen functional groups attached to an aromatic ring is 1. The second-order valence-corrected chi connectivity index (χ2v) is 12.7. The quantitative estimate of drug-likeness (QED) is 0.0822. The Balaban J connectivity index is 0.00000226. The summed E-state index contributed by atoms with van der Waals surface area (Å²) < 4.78 is 66.6. The number of carbonyl (C=O) groups excluding carboxylic acids is 2. The summed E-state index contributed by atoms with van der Waals surface area (Å²) in [5, 5.41) is 18.3. The van der Waals surface area contributed by atoms with E-state index in [2.05, 4.69) is 10.2 Å². The Kier molecular flexibility index (Phi) is 9.12. The molecule has 4 aromatic rings. The number of hydrogen-bond acceptors (Lipinski definition) is 10. The van der Waals surface area contributed by atoms with Gasteiger partial charge >= 0.3 is 0 Å². The van der Waals surface area contributed by atoms with Gasteiger partial charge in [0.15, 0.2) is 5.75 Å². The van der Waals surface area contributed by atoms with Crippen LogP contribution < -0.4 is 10.6 Å².